The molecular weight excluding hydrogens is 308 g/mol. The van der Waals surface area contributed by atoms with Crippen LogP contribution in [0.3, 0.4) is 0 Å². The largest absolute Gasteiger partial charge is 0.365 e. The molecule has 1 aromatic rings. The lowest BCUT2D eigenvalue weighted by Crippen LogP contribution is -2.27. The summed E-state index contributed by atoms with van der Waals surface area (Å²) in [7, 11) is 0. The van der Waals surface area contributed by atoms with Gasteiger partial charge in [-0.15, -0.1) is 11.3 Å². The summed E-state index contributed by atoms with van der Waals surface area (Å²) >= 11 is 1.54. The molecule has 1 aliphatic rings. The molecule has 23 heavy (non-hydrogen) atoms. The fraction of sp³-hybridized carbons (Fsp3) is 0.667. The number of hydrogen-bond acceptors (Lipinski definition) is 3. The fourth-order valence-electron chi connectivity index (χ4n) is 3.20. The Morgan fingerprint density at radius 1 is 1.35 bits per heavy atom. The van der Waals surface area contributed by atoms with E-state index in [4.69, 9.17) is 5.73 Å². The van der Waals surface area contributed by atoms with Crippen molar-refractivity contribution in [3.8, 4) is 0 Å². The number of unbranched alkanes of at least 4 members (excludes halogenated alkanes) is 1. The van der Waals surface area contributed by atoms with Crippen LogP contribution < -0.4 is 11.1 Å². The second-order valence-electron chi connectivity index (χ2n) is 7.53. The topological polar surface area (TPSA) is 72.2 Å². The molecule has 128 valence electrons. The summed E-state index contributed by atoms with van der Waals surface area (Å²) in [6.45, 7) is 8.84. The highest BCUT2D eigenvalue weighted by Gasteiger charge is 2.33. The van der Waals surface area contributed by atoms with Gasteiger partial charge in [0.15, 0.2) is 0 Å². The van der Waals surface area contributed by atoms with Crippen LogP contribution in [-0.2, 0) is 17.6 Å². The molecule has 3 N–H and O–H groups in total. The standard InChI is InChI=1S/C18H28N2O2S/c1-5-6-7-14(21)20-17-15(16(19)22)12-9-8-11(18(2,3)4)10-13(12)23-17/h11H,5-10H2,1-4H3,(H2,19,22)(H,20,21). The van der Waals surface area contributed by atoms with E-state index in [1.807, 2.05) is 0 Å². The van der Waals surface area contributed by atoms with Gasteiger partial charge >= 0.3 is 0 Å². The van der Waals surface area contributed by atoms with Gasteiger partial charge in [-0.2, -0.15) is 0 Å². The maximum atomic E-state index is 12.0. The summed E-state index contributed by atoms with van der Waals surface area (Å²) in [6.07, 6.45) is 5.23. The summed E-state index contributed by atoms with van der Waals surface area (Å²) in [4.78, 5) is 25.2. The van der Waals surface area contributed by atoms with Gasteiger partial charge in [0.2, 0.25) is 5.91 Å². The molecule has 0 saturated heterocycles. The Balaban J connectivity index is 2.26. The van der Waals surface area contributed by atoms with E-state index in [0.717, 1.165) is 37.7 Å². The monoisotopic (exact) mass is 336 g/mol. The molecule has 0 saturated carbocycles. The van der Waals surface area contributed by atoms with Crippen molar-refractivity contribution in [2.45, 2.75) is 66.2 Å². The van der Waals surface area contributed by atoms with E-state index >= 15 is 0 Å². The third-order valence-corrected chi connectivity index (χ3v) is 5.92. The van der Waals surface area contributed by atoms with Crippen molar-refractivity contribution in [1.82, 2.24) is 0 Å². The van der Waals surface area contributed by atoms with E-state index < -0.39 is 5.91 Å². The van der Waals surface area contributed by atoms with Crippen LogP contribution in [-0.4, -0.2) is 11.8 Å². The Kier molecular flexibility index (Phi) is 5.50. The molecule has 1 heterocycles. The molecule has 5 heteroatoms. The number of nitrogens with one attached hydrogen (secondary N) is 1. The molecule has 0 spiro atoms. The number of amides is 2. The molecule has 0 aromatic carbocycles. The quantitative estimate of drug-likeness (QED) is 0.848. The van der Waals surface area contributed by atoms with E-state index in [0.29, 0.717) is 22.9 Å². The molecule has 0 bridgehead atoms. The van der Waals surface area contributed by atoms with Crippen molar-refractivity contribution < 1.29 is 9.59 Å². The number of fused-ring (bicyclic) bond motifs is 1. The molecule has 1 aromatic heterocycles. The molecule has 1 aliphatic carbocycles. The van der Waals surface area contributed by atoms with Gasteiger partial charge in [-0.1, -0.05) is 34.1 Å². The summed E-state index contributed by atoms with van der Waals surface area (Å²) in [5.41, 5.74) is 7.45. The summed E-state index contributed by atoms with van der Waals surface area (Å²) in [6, 6.07) is 0. The predicted octanol–water partition coefficient (Wildman–Crippen LogP) is 4.13. The maximum Gasteiger partial charge on any atom is 0.251 e. The first-order valence-electron chi connectivity index (χ1n) is 8.48. The van der Waals surface area contributed by atoms with E-state index in [-0.39, 0.29) is 11.3 Å². The Labute approximate surface area is 142 Å². The average Bonchev–Trinajstić information content (AvgIpc) is 2.80. The zero-order chi connectivity index (χ0) is 17.2. The third kappa shape index (κ3) is 4.14. The number of carbonyl (C=O) groups excluding carboxylic acids is 2. The fourth-order valence-corrected chi connectivity index (χ4v) is 4.55. The summed E-state index contributed by atoms with van der Waals surface area (Å²) in [5.74, 6) is 0.140. The highest BCUT2D eigenvalue weighted by molar-refractivity contribution is 7.17. The Hall–Kier alpha value is -1.36. The van der Waals surface area contributed by atoms with Gasteiger partial charge in [-0.3, -0.25) is 9.59 Å². The molecule has 2 amide bonds. The van der Waals surface area contributed by atoms with Gasteiger partial charge in [0.05, 0.1) is 5.56 Å². The van der Waals surface area contributed by atoms with Crippen LogP contribution in [0.15, 0.2) is 0 Å². The zero-order valence-electron chi connectivity index (χ0n) is 14.6. The van der Waals surface area contributed by atoms with Crippen molar-refractivity contribution in [2.75, 3.05) is 5.32 Å². The van der Waals surface area contributed by atoms with Gasteiger partial charge in [-0.05, 0) is 42.6 Å². The van der Waals surface area contributed by atoms with E-state index in [1.54, 1.807) is 0 Å². The minimum absolute atomic E-state index is 0.0275. The molecule has 2 rings (SSSR count). The highest BCUT2D eigenvalue weighted by atomic mass is 32.1. The third-order valence-electron chi connectivity index (χ3n) is 4.75. The van der Waals surface area contributed by atoms with Crippen molar-refractivity contribution >= 4 is 28.2 Å². The lowest BCUT2D eigenvalue weighted by atomic mass is 9.72. The predicted molar refractivity (Wildman–Crippen MR) is 96.0 cm³/mol. The van der Waals surface area contributed by atoms with E-state index in [1.165, 1.54) is 16.2 Å². The first kappa shape index (κ1) is 18.0. The maximum absolute atomic E-state index is 12.0. The smallest absolute Gasteiger partial charge is 0.251 e. The average molecular weight is 337 g/mol. The Morgan fingerprint density at radius 3 is 2.61 bits per heavy atom. The normalized spacial score (nSPS) is 17.7. The van der Waals surface area contributed by atoms with Crippen LogP contribution >= 0.6 is 11.3 Å². The Morgan fingerprint density at radius 2 is 2.04 bits per heavy atom. The van der Waals surface area contributed by atoms with Gasteiger partial charge in [0, 0.05) is 11.3 Å². The van der Waals surface area contributed by atoms with Crippen molar-refractivity contribution in [2.24, 2.45) is 17.1 Å². The van der Waals surface area contributed by atoms with Crippen LogP contribution in [0.2, 0.25) is 0 Å². The van der Waals surface area contributed by atoms with Crippen molar-refractivity contribution in [1.29, 1.82) is 0 Å². The van der Waals surface area contributed by atoms with Gasteiger partial charge in [-0.25, -0.2) is 0 Å². The summed E-state index contributed by atoms with van der Waals surface area (Å²) < 4.78 is 0. The number of thiophene rings is 1. The molecular formula is C18H28N2O2S. The van der Waals surface area contributed by atoms with Crippen LogP contribution in [0, 0.1) is 11.3 Å². The van der Waals surface area contributed by atoms with Crippen LogP contribution in [0.5, 0.6) is 0 Å². The number of hydrogen-bond donors (Lipinski definition) is 2. The minimum atomic E-state index is -0.428. The van der Waals surface area contributed by atoms with Crippen LogP contribution in [0.25, 0.3) is 0 Å². The van der Waals surface area contributed by atoms with E-state index in [2.05, 4.69) is 33.0 Å². The van der Waals surface area contributed by atoms with E-state index in [9.17, 15) is 9.59 Å². The van der Waals surface area contributed by atoms with Crippen LogP contribution in [0.4, 0.5) is 5.00 Å². The first-order chi connectivity index (χ1) is 10.7. The molecule has 1 atom stereocenters. The van der Waals surface area contributed by atoms with Crippen molar-refractivity contribution in [3.63, 3.8) is 0 Å². The second kappa shape index (κ2) is 7.04. The molecule has 0 fully saturated rings. The zero-order valence-corrected chi connectivity index (χ0v) is 15.4. The second-order valence-corrected chi connectivity index (χ2v) is 8.63. The first-order valence-corrected chi connectivity index (χ1v) is 9.29. The minimum Gasteiger partial charge on any atom is -0.365 e. The molecule has 0 aliphatic heterocycles. The molecule has 1 unspecified atom stereocenters. The lowest BCUT2D eigenvalue weighted by Gasteiger charge is -2.33. The molecule has 4 nitrogen and oxygen atoms in total. The van der Waals surface area contributed by atoms with Gasteiger partial charge in [0.1, 0.15) is 5.00 Å². The number of rotatable bonds is 5. The van der Waals surface area contributed by atoms with Crippen molar-refractivity contribution in [3.05, 3.63) is 16.0 Å². The molecule has 0 radical (unpaired) electrons. The summed E-state index contributed by atoms with van der Waals surface area (Å²) in [5, 5.41) is 3.57. The Bertz CT molecular complexity index is 599. The number of nitrogens with two attached hydrogens (primary N) is 1. The lowest BCUT2D eigenvalue weighted by molar-refractivity contribution is -0.116. The number of primary amides is 1. The SMILES string of the molecule is CCCCC(=O)Nc1sc2c(c1C(N)=O)CCC(C(C)(C)C)C2. The number of carbonyl (C=O) groups is 2. The van der Waals surface area contributed by atoms with Crippen LogP contribution in [0.1, 0.15) is 74.2 Å². The number of anilines is 1. The van der Waals surface area contributed by atoms with Gasteiger partial charge < -0.3 is 11.1 Å². The van der Waals surface area contributed by atoms with Gasteiger partial charge in [0.25, 0.3) is 5.91 Å². The highest BCUT2D eigenvalue weighted by Crippen LogP contribution is 2.44.